The summed E-state index contributed by atoms with van der Waals surface area (Å²) in [6.45, 7) is 4.18. The molecule has 1 fully saturated rings. The van der Waals surface area contributed by atoms with E-state index in [0.717, 1.165) is 11.4 Å². The van der Waals surface area contributed by atoms with Gasteiger partial charge >= 0.3 is 0 Å². The van der Waals surface area contributed by atoms with E-state index in [0.29, 0.717) is 12.0 Å². The van der Waals surface area contributed by atoms with Crippen molar-refractivity contribution in [3.05, 3.63) is 11.4 Å². The fraction of sp³-hybridized carbons (Fsp3) is 0.778. The Kier molecular flexibility index (Phi) is 2.07. The second kappa shape index (κ2) is 3.10. The van der Waals surface area contributed by atoms with Gasteiger partial charge < -0.3 is 5.11 Å². The van der Waals surface area contributed by atoms with Gasteiger partial charge in [-0.25, -0.2) is 4.68 Å². The monoisotopic (exact) mass is 181 g/mol. The topological polar surface area (TPSA) is 50.9 Å². The minimum atomic E-state index is 0.0125. The van der Waals surface area contributed by atoms with E-state index >= 15 is 0 Å². The standard InChI is InChI=1S/C9H15N3O/c1-6(2)12-9(7-3-4-7)8(5-13)10-11-12/h6-7,13H,3-5H2,1-2H3. The van der Waals surface area contributed by atoms with E-state index in [1.807, 2.05) is 4.68 Å². The van der Waals surface area contributed by atoms with Crippen molar-refractivity contribution >= 4 is 0 Å². The van der Waals surface area contributed by atoms with Gasteiger partial charge in [0, 0.05) is 12.0 Å². The number of rotatable bonds is 3. The van der Waals surface area contributed by atoms with Crippen LogP contribution in [0.25, 0.3) is 0 Å². The Balaban J connectivity index is 2.38. The van der Waals surface area contributed by atoms with Crippen molar-refractivity contribution in [3.8, 4) is 0 Å². The molecule has 72 valence electrons. The first-order valence-corrected chi connectivity index (χ1v) is 4.79. The predicted molar refractivity (Wildman–Crippen MR) is 48.3 cm³/mol. The molecule has 4 heteroatoms. The number of aromatic nitrogens is 3. The quantitative estimate of drug-likeness (QED) is 0.763. The third-order valence-corrected chi connectivity index (χ3v) is 2.41. The molecule has 0 saturated heterocycles. The van der Waals surface area contributed by atoms with E-state index in [2.05, 4.69) is 24.2 Å². The summed E-state index contributed by atoms with van der Waals surface area (Å²) in [4.78, 5) is 0. The largest absolute Gasteiger partial charge is 0.390 e. The Morgan fingerprint density at radius 2 is 2.23 bits per heavy atom. The van der Waals surface area contributed by atoms with Gasteiger partial charge in [-0.05, 0) is 26.7 Å². The number of hydrogen-bond acceptors (Lipinski definition) is 3. The van der Waals surface area contributed by atoms with Gasteiger partial charge in [-0.3, -0.25) is 0 Å². The summed E-state index contributed by atoms with van der Waals surface area (Å²) in [5, 5.41) is 17.1. The van der Waals surface area contributed by atoms with E-state index < -0.39 is 0 Å². The zero-order chi connectivity index (χ0) is 9.42. The van der Waals surface area contributed by atoms with Crippen LogP contribution in [0.5, 0.6) is 0 Å². The maximum absolute atomic E-state index is 9.07. The lowest BCUT2D eigenvalue weighted by Gasteiger charge is -2.09. The summed E-state index contributed by atoms with van der Waals surface area (Å²) in [5.74, 6) is 0.597. The first-order valence-electron chi connectivity index (χ1n) is 4.79. The highest BCUT2D eigenvalue weighted by atomic mass is 16.3. The van der Waals surface area contributed by atoms with Gasteiger partial charge in [0.05, 0.1) is 12.3 Å². The van der Waals surface area contributed by atoms with Gasteiger partial charge in [-0.15, -0.1) is 5.10 Å². The van der Waals surface area contributed by atoms with E-state index in [1.165, 1.54) is 12.8 Å². The summed E-state index contributed by atoms with van der Waals surface area (Å²) >= 11 is 0. The first-order chi connectivity index (χ1) is 6.24. The maximum atomic E-state index is 9.07. The minimum absolute atomic E-state index is 0.0125. The van der Waals surface area contributed by atoms with Gasteiger partial charge in [-0.1, -0.05) is 5.21 Å². The smallest absolute Gasteiger partial charge is 0.112 e. The highest BCUT2D eigenvalue weighted by Gasteiger charge is 2.31. The number of hydrogen-bond donors (Lipinski definition) is 1. The van der Waals surface area contributed by atoms with Crippen LogP contribution in [0.2, 0.25) is 0 Å². The van der Waals surface area contributed by atoms with Crippen LogP contribution >= 0.6 is 0 Å². The van der Waals surface area contributed by atoms with Crippen LogP contribution in [0.15, 0.2) is 0 Å². The Bertz CT molecular complexity index is 302. The van der Waals surface area contributed by atoms with E-state index in [4.69, 9.17) is 5.11 Å². The fourth-order valence-electron chi connectivity index (χ4n) is 1.61. The number of nitrogens with zero attached hydrogens (tertiary/aromatic N) is 3. The third-order valence-electron chi connectivity index (χ3n) is 2.41. The summed E-state index contributed by atoms with van der Waals surface area (Å²) in [5.41, 5.74) is 1.91. The molecule has 0 unspecified atom stereocenters. The molecule has 1 aliphatic carbocycles. The minimum Gasteiger partial charge on any atom is -0.390 e. The average molecular weight is 181 g/mol. The second-order valence-corrected chi connectivity index (χ2v) is 3.89. The lowest BCUT2D eigenvalue weighted by molar-refractivity contribution is 0.275. The predicted octanol–water partition coefficient (Wildman–Crippen LogP) is 1.23. The molecule has 13 heavy (non-hydrogen) atoms. The molecule has 0 aliphatic heterocycles. The van der Waals surface area contributed by atoms with Gasteiger partial charge in [0.1, 0.15) is 5.69 Å². The molecule has 1 aliphatic rings. The van der Waals surface area contributed by atoms with Gasteiger partial charge in [0.15, 0.2) is 0 Å². The first kappa shape index (κ1) is 8.69. The van der Waals surface area contributed by atoms with Crippen LogP contribution in [0, 0.1) is 0 Å². The van der Waals surface area contributed by atoms with Gasteiger partial charge in [0.2, 0.25) is 0 Å². The zero-order valence-electron chi connectivity index (χ0n) is 8.06. The maximum Gasteiger partial charge on any atom is 0.112 e. The number of aliphatic hydroxyl groups is 1. The molecule has 0 bridgehead atoms. The van der Waals surface area contributed by atoms with Crippen molar-refractivity contribution in [2.45, 2.75) is 45.3 Å². The van der Waals surface area contributed by atoms with Crippen LogP contribution in [0.3, 0.4) is 0 Å². The Morgan fingerprint density at radius 3 is 2.69 bits per heavy atom. The van der Waals surface area contributed by atoms with Crippen molar-refractivity contribution in [1.29, 1.82) is 0 Å². The molecule has 2 rings (SSSR count). The fourth-order valence-corrected chi connectivity index (χ4v) is 1.61. The molecule has 0 spiro atoms. The van der Waals surface area contributed by atoms with E-state index in [9.17, 15) is 0 Å². The van der Waals surface area contributed by atoms with Crippen LogP contribution in [-0.4, -0.2) is 20.1 Å². The average Bonchev–Trinajstić information content (AvgIpc) is 2.84. The van der Waals surface area contributed by atoms with Crippen molar-refractivity contribution in [2.75, 3.05) is 0 Å². The summed E-state index contributed by atoms with van der Waals surface area (Å²) in [6.07, 6.45) is 2.43. The molecule has 0 atom stereocenters. The summed E-state index contributed by atoms with van der Waals surface area (Å²) in [7, 11) is 0. The van der Waals surface area contributed by atoms with Crippen LogP contribution in [0.4, 0.5) is 0 Å². The zero-order valence-corrected chi connectivity index (χ0v) is 8.06. The second-order valence-electron chi connectivity index (χ2n) is 3.89. The molecule has 1 heterocycles. The van der Waals surface area contributed by atoms with Gasteiger partial charge in [-0.2, -0.15) is 0 Å². The normalized spacial score (nSPS) is 16.9. The third kappa shape index (κ3) is 1.46. The molecule has 1 saturated carbocycles. The SMILES string of the molecule is CC(C)n1nnc(CO)c1C1CC1. The summed E-state index contributed by atoms with van der Waals surface area (Å²) in [6, 6.07) is 0.336. The van der Waals surface area contributed by atoms with Crippen molar-refractivity contribution in [3.63, 3.8) is 0 Å². The highest BCUT2D eigenvalue weighted by Crippen LogP contribution is 2.41. The lowest BCUT2D eigenvalue weighted by Crippen LogP contribution is -2.07. The molecular weight excluding hydrogens is 166 g/mol. The highest BCUT2D eigenvalue weighted by molar-refractivity contribution is 5.20. The molecule has 0 amide bonds. The number of aliphatic hydroxyl groups excluding tert-OH is 1. The molecule has 4 nitrogen and oxygen atoms in total. The van der Waals surface area contributed by atoms with Crippen LogP contribution in [0.1, 0.15) is 50.0 Å². The molecular formula is C9H15N3O. The van der Waals surface area contributed by atoms with E-state index in [-0.39, 0.29) is 6.61 Å². The molecule has 0 radical (unpaired) electrons. The van der Waals surface area contributed by atoms with E-state index in [1.54, 1.807) is 0 Å². The Labute approximate surface area is 77.6 Å². The molecule has 0 aromatic carbocycles. The van der Waals surface area contributed by atoms with Crippen molar-refractivity contribution in [1.82, 2.24) is 15.0 Å². The Morgan fingerprint density at radius 1 is 1.54 bits per heavy atom. The molecule has 1 aromatic rings. The summed E-state index contributed by atoms with van der Waals surface area (Å²) < 4.78 is 1.93. The van der Waals surface area contributed by atoms with Crippen LogP contribution < -0.4 is 0 Å². The van der Waals surface area contributed by atoms with Crippen molar-refractivity contribution in [2.24, 2.45) is 0 Å². The lowest BCUT2D eigenvalue weighted by atomic mass is 10.2. The van der Waals surface area contributed by atoms with Gasteiger partial charge in [0.25, 0.3) is 0 Å². The Hall–Kier alpha value is -0.900. The molecule has 1 N–H and O–H groups in total. The molecule has 1 aromatic heterocycles. The van der Waals surface area contributed by atoms with Crippen molar-refractivity contribution < 1.29 is 5.11 Å². The van der Waals surface area contributed by atoms with Crippen LogP contribution in [-0.2, 0) is 6.61 Å².